The molecule has 1 saturated heterocycles. The van der Waals surface area contributed by atoms with Gasteiger partial charge in [-0.25, -0.2) is 0 Å². The number of hydrogen-bond acceptors (Lipinski definition) is 5. The van der Waals surface area contributed by atoms with Gasteiger partial charge in [-0.2, -0.15) is 0 Å². The van der Waals surface area contributed by atoms with Gasteiger partial charge in [-0.3, -0.25) is 0 Å². The normalized spacial score (nSPS) is 45.8. The van der Waals surface area contributed by atoms with Crippen LogP contribution in [-0.4, -0.2) is 46.5 Å². The van der Waals surface area contributed by atoms with E-state index in [2.05, 4.69) is 0 Å². The van der Waals surface area contributed by atoms with E-state index < -0.39 is 24.5 Å². The van der Waals surface area contributed by atoms with Crippen molar-refractivity contribution in [2.75, 3.05) is 6.61 Å². The first-order valence-corrected chi connectivity index (χ1v) is 3.53. The van der Waals surface area contributed by atoms with Crippen LogP contribution in [0.1, 0.15) is 6.42 Å². The summed E-state index contributed by atoms with van der Waals surface area (Å²) >= 11 is 0. The summed E-state index contributed by atoms with van der Waals surface area (Å²) in [4.78, 5) is 0. The minimum Gasteiger partial charge on any atom is -0.394 e. The fraction of sp³-hybridized carbons (Fsp3) is 1.00. The summed E-state index contributed by atoms with van der Waals surface area (Å²) < 4.78 is 4.94. The van der Waals surface area contributed by atoms with Crippen LogP contribution in [0.25, 0.3) is 0 Å². The Bertz CT molecular complexity index is 132. The van der Waals surface area contributed by atoms with Gasteiger partial charge in [-0.05, 0) is 0 Å². The van der Waals surface area contributed by atoms with Gasteiger partial charge in [-0.1, -0.05) is 0 Å². The maximum atomic E-state index is 9.16. The van der Waals surface area contributed by atoms with E-state index in [9.17, 15) is 0 Å². The molecule has 0 saturated carbocycles. The molecule has 1 fully saturated rings. The molecule has 66 valence electrons. The third-order valence-electron chi connectivity index (χ3n) is 1.78. The van der Waals surface area contributed by atoms with Crippen LogP contribution >= 0.6 is 0 Å². The van der Waals surface area contributed by atoms with Crippen molar-refractivity contribution >= 4 is 0 Å². The van der Waals surface area contributed by atoms with Crippen molar-refractivity contribution in [3.63, 3.8) is 0 Å². The second-order valence-electron chi connectivity index (χ2n) is 2.69. The van der Waals surface area contributed by atoms with E-state index in [-0.39, 0.29) is 13.0 Å². The summed E-state index contributed by atoms with van der Waals surface area (Å²) in [6, 6.07) is 0. The maximum Gasteiger partial charge on any atom is 0.111 e. The minimum absolute atomic E-state index is 0.206. The highest BCUT2D eigenvalue weighted by Gasteiger charge is 2.34. The van der Waals surface area contributed by atoms with E-state index >= 15 is 0 Å². The molecule has 0 aromatic rings. The second kappa shape index (κ2) is 3.46. The number of rotatable bonds is 1. The molecule has 0 spiro atoms. The first-order chi connectivity index (χ1) is 5.15. The van der Waals surface area contributed by atoms with Crippen LogP contribution in [0.15, 0.2) is 0 Å². The van der Waals surface area contributed by atoms with Crippen LogP contribution < -0.4 is 5.73 Å². The summed E-state index contributed by atoms with van der Waals surface area (Å²) in [5, 5.41) is 26.9. The van der Waals surface area contributed by atoms with Crippen molar-refractivity contribution < 1.29 is 20.1 Å². The third kappa shape index (κ3) is 1.88. The fourth-order valence-corrected chi connectivity index (χ4v) is 1.14. The molecule has 1 heterocycles. The topological polar surface area (TPSA) is 95.9 Å². The monoisotopic (exact) mass is 163 g/mol. The predicted octanol–water partition coefficient (Wildman–Crippen LogP) is -2.23. The quantitative estimate of drug-likeness (QED) is 0.351. The van der Waals surface area contributed by atoms with Gasteiger partial charge in [0.1, 0.15) is 18.4 Å². The van der Waals surface area contributed by atoms with Crippen molar-refractivity contribution in [2.45, 2.75) is 31.0 Å². The molecule has 1 aliphatic heterocycles. The average molecular weight is 163 g/mol. The molecule has 11 heavy (non-hydrogen) atoms. The van der Waals surface area contributed by atoms with Crippen molar-refractivity contribution in [1.29, 1.82) is 0 Å². The molecule has 1 aliphatic rings. The van der Waals surface area contributed by atoms with Gasteiger partial charge in [-0.15, -0.1) is 0 Å². The highest BCUT2D eigenvalue weighted by molar-refractivity contribution is 4.82. The molecule has 5 heteroatoms. The highest BCUT2D eigenvalue weighted by atomic mass is 16.5. The summed E-state index contributed by atoms with van der Waals surface area (Å²) in [5.41, 5.74) is 5.35. The van der Waals surface area contributed by atoms with Gasteiger partial charge in [0.15, 0.2) is 0 Å². The van der Waals surface area contributed by atoms with Crippen molar-refractivity contribution in [3.05, 3.63) is 0 Å². The van der Waals surface area contributed by atoms with E-state index in [0.717, 1.165) is 0 Å². The van der Waals surface area contributed by atoms with Gasteiger partial charge in [0.2, 0.25) is 0 Å². The average Bonchev–Trinajstić information content (AvgIpc) is 1.96. The Morgan fingerprint density at radius 3 is 2.64 bits per heavy atom. The smallest absolute Gasteiger partial charge is 0.111 e. The van der Waals surface area contributed by atoms with Crippen LogP contribution in [-0.2, 0) is 4.74 Å². The summed E-state index contributed by atoms with van der Waals surface area (Å²) in [5.74, 6) is 0. The Balaban J connectivity index is 2.51. The molecule has 1 unspecified atom stereocenters. The fourth-order valence-electron chi connectivity index (χ4n) is 1.14. The van der Waals surface area contributed by atoms with E-state index in [1.807, 2.05) is 0 Å². The zero-order valence-corrected chi connectivity index (χ0v) is 6.05. The van der Waals surface area contributed by atoms with E-state index in [1.165, 1.54) is 0 Å². The maximum absolute atomic E-state index is 9.16. The first kappa shape index (κ1) is 8.89. The summed E-state index contributed by atoms with van der Waals surface area (Å²) in [6.45, 7) is -0.327. The van der Waals surface area contributed by atoms with Crippen LogP contribution in [0, 0.1) is 0 Å². The molecule has 0 radical (unpaired) electrons. The van der Waals surface area contributed by atoms with E-state index in [4.69, 9.17) is 25.8 Å². The molecular formula is C6H13NO4. The second-order valence-corrected chi connectivity index (χ2v) is 2.69. The zero-order chi connectivity index (χ0) is 8.43. The molecule has 0 aliphatic carbocycles. The Morgan fingerprint density at radius 1 is 1.45 bits per heavy atom. The first-order valence-electron chi connectivity index (χ1n) is 3.53. The Hall–Kier alpha value is -0.200. The summed E-state index contributed by atoms with van der Waals surface area (Å²) in [7, 11) is 0. The number of nitrogens with two attached hydrogens (primary N) is 1. The Morgan fingerprint density at radius 2 is 2.09 bits per heavy atom. The lowest BCUT2D eigenvalue weighted by Crippen LogP contribution is -2.52. The van der Waals surface area contributed by atoms with E-state index in [0.29, 0.717) is 0 Å². The van der Waals surface area contributed by atoms with Crippen LogP contribution in [0.4, 0.5) is 0 Å². The number of ether oxygens (including phenoxy) is 1. The molecule has 4 atom stereocenters. The number of hydrogen-bond donors (Lipinski definition) is 4. The molecule has 5 N–H and O–H groups in total. The highest BCUT2D eigenvalue weighted by Crippen LogP contribution is 2.16. The molecule has 5 nitrogen and oxygen atoms in total. The largest absolute Gasteiger partial charge is 0.394 e. The van der Waals surface area contributed by atoms with Gasteiger partial charge in [0, 0.05) is 6.42 Å². The lowest BCUT2D eigenvalue weighted by Gasteiger charge is -2.34. The van der Waals surface area contributed by atoms with Crippen LogP contribution in [0.5, 0.6) is 0 Å². The van der Waals surface area contributed by atoms with Gasteiger partial charge >= 0.3 is 0 Å². The molecule has 0 aromatic carbocycles. The molecule has 1 rings (SSSR count). The van der Waals surface area contributed by atoms with Gasteiger partial charge < -0.3 is 25.8 Å². The zero-order valence-electron chi connectivity index (χ0n) is 6.05. The lowest BCUT2D eigenvalue weighted by molar-refractivity contribution is -0.177. The SMILES string of the molecule is NC1C[C@@H](O)[C@H](O)[C@@H](CO)O1. The van der Waals surface area contributed by atoms with Crippen molar-refractivity contribution in [3.8, 4) is 0 Å². The number of aliphatic hydroxyl groups excluding tert-OH is 3. The minimum atomic E-state index is -1.03. The third-order valence-corrected chi connectivity index (χ3v) is 1.78. The molecular weight excluding hydrogens is 150 g/mol. The van der Waals surface area contributed by atoms with Crippen molar-refractivity contribution in [2.24, 2.45) is 5.73 Å². The van der Waals surface area contributed by atoms with Crippen LogP contribution in [0.2, 0.25) is 0 Å². The van der Waals surface area contributed by atoms with Gasteiger partial charge in [0.05, 0.1) is 12.7 Å². The molecule has 0 aromatic heterocycles. The van der Waals surface area contributed by atoms with Crippen LogP contribution in [0.3, 0.4) is 0 Å². The predicted molar refractivity (Wildman–Crippen MR) is 36.6 cm³/mol. The molecule has 0 bridgehead atoms. The molecule has 0 amide bonds. The van der Waals surface area contributed by atoms with E-state index in [1.54, 1.807) is 0 Å². The lowest BCUT2D eigenvalue weighted by atomic mass is 10.0. The Kier molecular flexibility index (Phi) is 2.80. The standard InChI is InChI=1S/C6H13NO4/c7-5-1-3(9)6(10)4(2-8)11-5/h3-6,8-10H,1-2,7H2/t3-,4-,5?,6+/m1/s1. The number of aliphatic hydroxyl groups is 3. The van der Waals surface area contributed by atoms with Gasteiger partial charge in [0.25, 0.3) is 0 Å². The Labute approximate surface area is 64.4 Å². The summed E-state index contributed by atoms with van der Waals surface area (Å²) in [6.07, 6.45) is -3.06. The van der Waals surface area contributed by atoms with Crippen molar-refractivity contribution in [1.82, 2.24) is 0 Å².